The number of nitrogens with two attached hydrogens (primary N) is 1. The number of aliphatic hydroxyl groups excluding tert-OH is 6. The van der Waals surface area contributed by atoms with Crippen LogP contribution in [0.15, 0.2) is 126 Å². The number of fused-ring (bicyclic) bond motifs is 15. The van der Waals surface area contributed by atoms with Crippen LogP contribution in [0.5, 0.6) is 46.0 Å². The number of halogens is 3. The summed E-state index contributed by atoms with van der Waals surface area (Å²) in [5, 5.41) is 130. The molecule has 8 heterocycles. The Morgan fingerprint density at radius 1 is 0.714 bits per heavy atom. The third-order valence-electron chi connectivity index (χ3n) is 21.4. The molecule has 2 saturated heterocycles. The zero-order valence-electron chi connectivity index (χ0n) is 67.8. The van der Waals surface area contributed by atoms with Crippen molar-refractivity contribution in [1.82, 2.24) is 62.9 Å². The number of carbonyl (C=O) groups excluding carboxylic acids is 10. The van der Waals surface area contributed by atoms with Crippen LogP contribution >= 0.6 is 34.8 Å². The zero-order valence-corrected chi connectivity index (χ0v) is 70.1. The molecule has 0 spiro atoms. The number of anilines is 1. The van der Waals surface area contributed by atoms with E-state index in [0.717, 1.165) is 73.7 Å². The van der Waals surface area contributed by atoms with Crippen molar-refractivity contribution in [1.29, 1.82) is 0 Å². The molecule has 670 valence electrons. The van der Waals surface area contributed by atoms with Crippen molar-refractivity contribution in [3.05, 3.63) is 180 Å². The normalized spacial score (nSPS) is 25.8. The Morgan fingerprint density at radius 2 is 1.36 bits per heavy atom. The third-order valence-corrected chi connectivity index (χ3v) is 22.3. The quantitative estimate of drug-likeness (QED) is 0.0379. The van der Waals surface area contributed by atoms with Gasteiger partial charge in [-0.25, -0.2) is 4.79 Å². The summed E-state index contributed by atoms with van der Waals surface area (Å²) in [6.45, 7) is 6.58. The third kappa shape index (κ3) is 21.3. The molecule has 43 heteroatoms. The van der Waals surface area contributed by atoms with Gasteiger partial charge in [-0.2, -0.15) is 4.98 Å². The van der Waals surface area contributed by atoms with Gasteiger partial charge in [0.1, 0.15) is 101 Å². The number of rotatable bonds is 20. The molecule has 0 saturated carbocycles. The Kier molecular flexibility index (Phi) is 29.2. The van der Waals surface area contributed by atoms with Gasteiger partial charge in [0, 0.05) is 66.5 Å². The largest absolute Gasteiger partial charge is 0.508 e. The number of nitrogens with zero attached hydrogens (tertiary/aromatic N) is 2. The summed E-state index contributed by atoms with van der Waals surface area (Å²) in [6, 6.07) is 7.16. The highest BCUT2D eigenvalue weighted by molar-refractivity contribution is 6.32. The molecule has 16 unspecified atom stereocenters. The number of carbonyl (C=O) groups is 10. The minimum absolute atomic E-state index is 0.0398. The van der Waals surface area contributed by atoms with E-state index in [9.17, 15) is 74.7 Å². The summed E-state index contributed by atoms with van der Waals surface area (Å²) in [6.07, 6.45) is -15.5. The molecular formula is C83H91Cl3N14O26. The second-order valence-electron chi connectivity index (χ2n) is 31.0. The Morgan fingerprint density at radius 3 is 1.98 bits per heavy atom. The van der Waals surface area contributed by atoms with Crippen LogP contribution in [0.25, 0.3) is 17.2 Å². The number of nitrogens with one attached hydrogen (secondary N) is 11. The number of aliphatic hydroxyl groups is 6. The Balaban J connectivity index is 0.999. The molecule has 1 aromatic heterocycles. The zero-order chi connectivity index (χ0) is 91.2. The van der Waals surface area contributed by atoms with Gasteiger partial charge in [0.15, 0.2) is 23.9 Å². The summed E-state index contributed by atoms with van der Waals surface area (Å²) in [5.41, 5.74) is 5.55. The fourth-order valence-corrected chi connectivity index (χ4v) is 15.5. The van der Waals surface area contributed by atoms with E-state index in [2.05, 4.69) is 63.7 Å². The molecule has 6 aromatic carbocycles. The van der Waals surface area contributed by atoms with Crippen LogP contribution < -0.4 is 84.3 Å². The molecule has 10 amide bonds. The molecule has 0 radical (unpaired) electrons. The maximum Gasteiger partial charge on any atom is 0.349 e. The van der Waals surface area contributed by atoms with Crippen LogP contribution in [-0.4, -0.2) is 214 Å². The molecule has 11 bridgehead atoms. The molecule has 2 fully saturated rings. The Bertz CT molecular complexity index is 5460. The van der Waals surface area contributed by atoms with E-state index in [1.165, 1.54) is 55.1 Å². The monoisotopic (exact) mass is 1800 g/mol. The lowest BCUT2D eigenvalue weighted by atomic mass is 9.85. The van der Waals surface area contributed by atoms with E-state index in [0.29, 0.717) is 10.6 Å². The highest BCUT2D eigenvalue weighted by atomic mass is 35.5. The molecule has 7 aromatic rings. The molecule has 22 N–H and O–H groups in total. The van der Waals surface area contributed by atoms with E-state index in [1.807, 2.05) is 13.8 Å². The molecule has 126 heavy (non-hydrogen) atoms. The highest BCUT2D eigenvalue weighted by Gasteiger charge is 2.52. The van der Waals surface area contributed by atoms with E-state index < -0.39 is 260 Å². The summed E-state index contributed by atoms with van der Waals surface area (Å²) in [7, 11) is 1.46. The second-order valence-corrected chi connectivity index (χ2v) is 32.3. The van der Waals surface area contributed by atoms with Crippen molar-refractivity contribution in [3.63, 3.8) is 0 Å². The van der Waals surface area contributed by atoms with Gasteiger partial charge >= 0.3 is 5.69 Å². The number of phenols is 3. The van der Waals surface area contributed by atoms with Crippen molar-refractivity contribution in [2.45, 2.75) is 170 Å². The fourth-order valence-electron chi connectivity index (χ4n) is 14.9. The first kappa shape index (κ1) is 93.0. The van der Waals surface area contributed by atoms with Crippen molar-refractivity contribution < 1.29 is 122 Å². The van der Waals surface area contributed by atoms with E-state index in [1.54, 1.807) is 31.2 Å². The first-order valence-electron chi connectivity index (χ1n) is 39.4. The highest BCUT2D eigenvalue weighted by Crippen LogP contribution is 2.50. The minimum Gasteiger partial charge on any atom is -0.508 e. The maximum absolute atomic E-state index is 16.3. The number of aromatic hydroxyl groups is 3. The summed E-state index contributed by atoms with van der Waals surface area (Å²) < 4.78 is 40.6. The number of primary amides is 1. The van der Waals surface area contributed by atoms with Gasteiger partial charge < -0.3 is 128 Å². The van der Waals surface area contributed by atoms with Gasteiger partial charge in [0.2, 0.25) is 65.2 Å². The lowest BCUT2D eigenvalue weighted by Gasteiger charge is -2.48. The number of benzene rings is 6. The van der Waals surface area contributed by atoms with Crippen LogP contribution in [0.4, 0.5) is 5.82 Å². The Labute approximate surface area is 731 Å². The van der Waals surface area contributed by atoms with E-state index >= 15 is 24.0 Å². The number of hydrazine groups is 1. The van der Waals surface area contributed by atoms with Crippen LogP contribution in [-0.2, 0) is 68.7 Å². The molecule has 7 aliphatic heterocycles. The first-order chi connectivity index (χ1) is 59.8. The van der Waals surface area contributed by atoms with Crippen LogP contribution in [0, 0.1) is 5.92 Å². The number of likely N-dealkylation sites (N-methyl/N-ethyl adjacent to an activating group) is 1. The lowest BCUT2D eigenvalue weighted by Crippen LogP contribution is -2.65. The number of ether oxygens (including phenoxy) is 6. The van der Waals surface area contributed by atoms with Gasteiger partial charge in [-0.05, 0) is 145 Å². The molecule has 7 aliphatic rings. The molecule has 18 atom stereocenters. The summed E-state index contributed by atoms with van der Waals surface area (Å²) >= 11 is 20.3. The SMILES string of the molecule is CNC(CC(C)C)C(=O)NC1C(=O)NC(CC(N)=O)C(=O)NC2C(=O)NC3C(=O)NC(C(=O)N[C@@H](C(=O)NNC(C)=O)c4cc(O)cc(O)c4-c4cc3ccc4O)C(O)c3ccc(c(Cl)c3)Oc3cc2cc(c3OC2OC(CO)C(O)C(O)C2OC2C[C@@](C)(NCCn3ccc(NC(=O)/C=C/c4ccc(Cl)cc4)nc3=O)C(O)C(C)O2)Oc2ccc(cc2Cl)C1O. The smallest absolute Gasteiger partial charge is 0.349 e. The lowest BCUT2D eigenvalue weighted by molar-refractivity contribution is -0.334. The van der Waals surface area contributed by atoms with Gasteiger partial charge in [0.05, 0.1) is 41.3 Å². The van der Waals surface area contributed by atoms with Gasteiger partial charge in [-0.1, -0.05) is 79.0 Å². The molecular weight excluding hydrogens is 1720 g/mol. The average molecular weight is 1810 g/mol. The number of hydrogen-bond acceptors (Lipinski definition) is 29. The molecule has 40 nitrogen and oxygen atoms in total. The van der Waals surface area contributed by atoms with Gasteiger partial charge in [-0.15, -0.1) is 0 Å². The van der Waals surface area contributed by atoms with Crippen molar-refractivity contribution in [2.24, 2.45) is 11.7 Å². The van der Waals surface area contributed by atoms with Crippen molar-refractivity contribution >= 4 is 106 Å². The number of aromatic nitrogens is 2. The first-order valence-corrected chi connectivity index (χ1v) is 40.5. The molecule has 14 rings (SSSR count). The number of amides is 10. The Hall–Kier alpha value is -12.1. The maximum atomic E-state index is 16.3. The topological polar surface area (TPSA) is 601 Å². The van der Waals surface area contributed by atoms with Crippen LogP contribution in [0.3, 0.4) is 0 Å². The van der Waals surface area contributed by atoms with Crippen molar-refractivity contribution in [2.75, 3.05) is 25.5 Å². The molecule has 0 aliphatic carbocycles. The number of phenolic OH excluding ortho intramolecular Hbond substituents is 3. The van der Waals surface area contributed by atoms with Crippen molar-refractivity contribution in [3.8, 4) is 57.1 Å². The number of hydrogen-bond donors (Lipinski definition) is 21. The fraction of sp³-hybridized carbons (Fsp3) is 0.373. The summed E-state index contributed by atoms with van der Waals surface area (Å²) in [4.78, 5) is 162. The minimum atomic E-state index is -2.41. The predicted molar refractivity (Wildman–Crippen MR) is 445 cm³/mol. The second kappa shape index (κ2) is 39.6. The van der Waals surface area contributed by atoms with E-state index in [-0.39, 0.29) is 60.1 Å². The average Bonchev–Trinajstić information content (AvgIpc) is 0.764. The van der Waals surface area contributed by atoms with E-state index in [4.69, 9.17) is 69.0 Å². The predicted octanol–water partition coefficient (Wildman–Crippen LogP) is 1.38. The van der Waals surface area contributed by atoms with Crippen LogP contribution in [0.2, 0.25) is 15.1 Å². The van der Waals surface area contributed by atoms with Gasteiger partial charge in [-0.3, -0.25) is 63.4 Å². The van der Waals surface area contributed by atoms with Crippen LogP contribution in [0.1, 0.15) is 118 Å². The summed E-state index contributed by atoms with van der Waals surface area (Å²) in [5.74, 6) is -17.4. The standard InChI is InChI=1S/C83H91Cl3N14O26/c1-34(2)23-48(88-6)74(113)96-65-67(108)39-11-16-52(46(85)25-39)122-54-27-41-28-55(71(54)126-81-72(70(111)69(110)56(33-101)124-81)125-60-32-83(5,73(112)35(3)121-60)89-20-22-100-21-19-58(92-82(100)120)91-59(107)18-9-37-7-13-42(84)14-8-37)123-53-17-12-40(26-47(53)86)68(109)66-79(118)95-64(80(119)99-98-36(4)102)45-29-43(103)30-51(105)61(45)44-24-38(10-15-50(44)104)62(76(115)97-66)94-77(116)63(41)93-75(114)49(31-57(87)106)90-78(65)117/h7-19,21,24-30,34-35,48-49,56,60,62-70,72-73,81,88-89,101,103-105,108-112H,20,22-23,31-33H2,1-6H3,(H2,87,106)(H,90,117)(H,93,114)(H,94,116)(H,95,118)(H,96,113)(H,97,115)(H,98,102)(H,99,119)(H,91,92,107,120)/b18-9+/t35?,48?,49?,56?,60?,62?,63?,64-,65?,66?,67?,68?,69?,70?,72?,73?,81?,83-/m1/s1. The van der Waals surface area contributed by atoms with Gasteiger partial charge in [0.25, 0.3) is 5.91 Å².